The lowest BCUT2D eigenvalue weighted by molar-refractivity contribution is 0.0595. The third-order valence-electron chi connectivity index (χ3n) is 4.25. The summed E-state index contributed by atoms with van der Waals surface area (Å²) in [5, 5.41) is 3.70. The van der Waals surface area contributed by atoms with Crippen LogP contribution < -0.4 is 5.32 Å². The number of methoxy groups -OCH3 is 1. The van der Waals surface area contributed by atoms with E-state index in [9.17, 15) is 0 Å². The molecule has 0 amide bonds. The summed E-state index contributed by atoms with van der Waals surface area (Å²) in [6.45, 7) is 12.5. The van der Waals surface area contributed by atoms with Gasteiger partial charge in [-0.1, -0.05) is 20.3 Å². The van der Waals surface area contributed by atoms with Crippen LogP contribution >= 0.6 is 0 Å². The van der Waals surface area contributed by atoms with E-state index in [0.717, 1.165) is 25.6 Å². The average Bonchev–Trinajstić information content (AvgIpc) is 2.51. The molecule has 0 radical (unpaired) electrons. The van der Waals surface area contributed by atoms with Crippen molar-refractivity contribution in [2.24, 2.45) is 5.92 Å². The SMILES string of the molecule is CCC(C)C1CN(CC(C)OC)C(C)CCN1. The van der Waals surface area contributed by atoms with Crippen LogP contribution in [0.3, 0.4) is 0 Å². The molecule has 1 fully saturated rings. The zero-order chi connectivity index (χ0) is 12.8. The number of hydrogen-bond acceptors (Lipinski definition) is 3. The zero-order valence-corrected chi connectivity index (χ0v) is 12.2. The first-order valence-electron chi connectivity index (χ1n) is 7.08. The number of nitrogens with zero attached hydrogens (tertiary/aromatic N) is 1. The Morgan fingerprint density at radius 3 is 2.71 bits per heavy atom. The van der Waals surface area contributed by atoms with Crippen LogP contribution in [0.15, 0.2) is 0 Å². The van der Waals surface area contributed by atoms with Gasteiger partial charge in [0.25, 0.3) is 0 Å². The van der Waals surface area contributed by atoms with Gasteiger partial charge in [0.1, 0.15) is 0 Å². The molecule has 0 aromatic carbocycles. The van der Waals surface area contributed by atoms with Crippen molar-refractivity contribution in [3.05, 3.63) is 0 Å². The van der Waals surface area contributed by atoms with E-state index in [1.54, 1.807) is 7.11 Å². The monoisotopic (exact) mass is 242 g/mol. The van der Waals surface area contributed by atoms with Gasteiger partial charge in [0, 0.05) is 32.3 Å². The van der Waals surface area contributed by atoms with Crippen molar-refractivity contribution in [1.29, 1.82) is 0 Å². The maximum absolute atomic E-state index is 5.40. The molecule has 102 valence electrons. The molecule has 1 aliphatic heterocycles. The molecule has 0 saturated carbocycles. The quantitative estimate of drug-likeness (QED) is 0.799. The fraction of sp³-hybridized carbons (Fsp3) is 1.00. The maximum Gasteiger partial charge on any atom is 0.0670 e. The lowest BCUT2D eigenvalue weighted by Gasteiger charge is -2.32. The van der Waals surface area contributed by atoms with E-state index >= 15 is 0 Å². The van der Waals surface area contributed by atoms with Gasteiger partial charge in [0.15, 0.2) is 0 Å². The van der Waals surface area contributed by atoms with E-state index in [1.165, 1.54) is 12.8 Å². The van der Waals surface area contributed by atoms with E-state index in [0.29, 0.717) is 18.2 Å². The molecule has 4 unspecified atom stereocenters. The molecular weight excluding hydrogens is 212 g/mol. The van der Waals surface area contributed by atoms with Crippen LogP contribution in [0.25, 0.3) is 0 Å². The third-order valence-corrected chi connectivity index (χ3v) is 4.25. The molecule has 3 nitrogen and oxygen atoms in total. The molecule has 1 rings (SSSR count). The van der Waals surface area contributed by atoms with Crippen molar-refractivity contribution in [1.82, 2.24) is 10.2 Å². The maximum atomic E-state index is 5.40. The molecule has 0 bridgehead atoms. The van der Waals surface area contributed by atoms with Gasteiger partial charge < -0.3 is 10.1 Å². The topological polar surface area (TPSA) is 24.5 Å². The van der Waals surface area contributed by atoms with E-state index in [4.69, 9.17) is 4.74 Å². The lowest BCUT2D eigenvalue weighted by Crippen LogP contribution is -2.45. The largest absolute Gasteiger partial charge is 0.380 e. The Morgan fingerprint density at radius 2 is 2.12 bits per heavy atom. The van der Waals surface area contributed by atoms with E-state index in [2.05, 4.69) is 37.9 Å². The first-order valence-corrected chi connectivity index (χ1v) is 7.08. The normalized spacial score (nSPS) is 30.9. The van der Waals surface area contributed by atoms with Crippen molar-refractivity contribution in [2.45, 2.75) is 58.7 Å². The lowest BCUT2D eigenvalue weighted by atomic mass is 9.99. The molecule has 1 aliphatic rings. The van der Waals surface area contributed by atoms with Crippen molar-refractivity contribution in [3.63, 3.8) is 0 Å². The zero-order valence-electron chi connectivity index (χ0n) is 12.2. The van der Waals surface area contributed by atoms with Gasteiger partial charge in [-0.3, -0.25) is 4.90 Å². The fourth-order valence-corrected chi connectivity index (χ4v) is 2.48. The van der Waals surface area contributed by atoms with Crippen LogP contribution in [0.5, 0.6) is 0 Å². The molecule has 4 atom stereocenters. The summed E-state index contributed by atoms with van der Waals surface area (Å²) in [6, 6.07) is 1.29. The summed E-state index contributed by atoms with van der Waals surface area (Å²) in [5.74, 6) is 0.751. The van der Waals surface area contributed by atoms with E-state index < -0.39 is 0 Å². The van der Waals surface area contributed by atoms with Crippen molar-refractivity contribution < 1.29 is 4.74 Å². The molecule has 1 heterocycles. The van der Waals surface area contributed by atoms with E-state index in [-0.39, 0.29) is 0 Å². The molecule has 0 spiro atoms. The number of hydrogen-bond donors (Lipinski definition) is 1. The Balaban J connectivity index is 2.58. The summed E-state index contributed by atoms with van der Waals surface area (Å²) in [5.41, 5.74) is 0. The predicted molar refractivity (Wildman–Crippen MR) is 73.4 cm³/mol. The highest BCUT2D eigenvalue weighted by atomic mass is 16.5. The molecule has 0 aliphatic carbocycles. The fourth-order valence-electron chi connectivity index (χ4n) is 2.48. The summed E-state index contributed by atoms with van der Waals surface area (Å²) >= 11 is 0. The Kier molecular flexibility index (Phi) is 6.45. The minimum atomic E-state index is 0.327. The van der Waals surface area contributed by atoms with Gasteiger partial charge in [-0.25, -0.2) is 0 Å². The van der Waals surface area contributed by atoms with Crippen LogP contribution in [0.4, 0.5) is 0 Å². The van der Waals surface area contributed by atoms with Crippen molar-refractivity contribution in [2.75, 3.05) is 26.7 Å². The second-order valence-corrected chi connectivity index (χ2v) is 5.58. The second kappa shape index (κ2) is 7.34. The summed E-state index contributed by atoms with van der Waals surface area (Å²) in [4.78, 5) is 2.59. The molecule has 17 heavy (non-hydrogen) atoms. The highest BCUT2D eigenvalue weighted by Crippen LogP contribution is 2.16. The summed E-state index contributed by atoms with van der Waals surface area (Å²) < 4.78 is 5.40. The molecule has 3 heteroatoms. The molecule has 0 aromatic rings. The van der Waals surface area contributed by atoms with Crippen LogP contribution in [-0.4, -0.2) is 49.8 Å². The Bertz CT molecular complexity index is 210. The summed E-state index contributed by atoms with van der Waals surface area (Å²) in [6.07, 6.45) is 2.82. The minimum absolute atomic E-state index is 0.327. The van der Waals surface area contributed by atoms with Gasteiger partial charge in [0.05, 0.1) is 6.10 Å². The third kappa shape index (κ3) is 4.57. The van der Waals surface area contributed by atoms with Crippen LogP contribution in [0, 0.1) is 5.92 Å². The van der Waals surface area contributed by atoms with Gasteiger partial charge >= 0.3 is 0 Å². The van der Waals surface area contributed by atoms with Crippen molar-refractivity contribution in [3.8, 4) is 0 Å². The second-order valence-electron chi connectivity index (χ2n) is 5.58. The number of nitrogens with one attached hydrogen (secondary N) is 1. The van der Waals surface area contributed by atoms with Crippen molar-refractivity contribution >= 4 is 0 Å². The Hall–Kier alpha value is -0.120. The van der Waals surface area contributed by atoms with Gasteiger partial charge in [-0.2, -0.15) is 0 Å². The van der Waals surface area contributed by atoms with Crippen LogP contribution in [-0.2, 0) is 4.74 Å². The molecular formula is C14H30N2O. The smallest absolute Gasteiger partial charge is 0.0670 e. The standard InChI is InChI=1S/C14H30N2O/c1-6-11(2)14-10-16(9-13(4)17-5)12(3)7-8-15-14/h11-15H,6-10H2,1-5H3. The molecule has 1 N–H and O–H groups in total. The predicted octanol–water partition coefficient (Wildman–Crippen LogP) is 2.12. The Labute approximate surface area is 107 Å². The molecule has 1 saturated heterocycles. The van der Waals surface area contributed by atoms with Crippen LogP contribution in [0.1, 0.15) is 40.5 Å². The highest BCUT2D eigenvalue weighted by molar-refractivity contribution is 4.84. The minimum Gasteiger partial charge on any atom is -0.380 e. The van der Waals surface area contributed by atoms with Gasteiger partial charge in [-0.15, -0.1) is 0 Å². The average molecular weight is 242 g/mol. The van der Waals surface area contributed by atoms with Gasteiger partial charge in [-0.05, 0) is 32.7 Å². The first kappa shape index (κ1) is 14.9. The van der Waals surface area contributed by atoms with Gasteiger partial charge in [0.2, 0.25) is 0 Å². The molecule has 0 aromatic heterocycles. The number of ether oxygens (including phenoxy) is 1. The number of rotatable bonds is 5. The summed E-state index contributed by atoms with van der Waals surface area (Å²) in [7, 11) is 1.80. The Morgan fingerprint density at radius 1 is 1.41 bits per heavy atom. The van der Waals surface area contributed by atoms with E-state index in [1.807, 2.05) is 0 Å². The first-order chi connectivity index (χ1) is 8.08. The van der Waals surface area contributed by atoms with Crippen LogP contribution in [0.2, 0.25) is 0 Å². The highest BCUT2D eigenvalue weighted by Gasteiger charge is 2.26.